The molecule has 6 nitrogen and oxygen atoms in total. The van der Waals surface area contributed by atoms with Crippen LogP contribution in [0.5, 0.6) is 0 Å². The summed E-state index contributed by atoms with van der Waals surface area (Å²) < 4.78 is 1.38. The van der Waals surface area contributed by atoms with Gasteiger partial charge in [-0.3, -0.25) is 14.0 Å². The van der Waals surface area contributed by atoms with Gasteiger partial charge >= 0.3 is 0 Å². The van der Waals surface area contributed by atoms with E-state index in [0.29, 0.717) is 5.65 Å². The van der Waals surface area contributed by atoms with E-state index in [1.165, 1.54) is 10.6 Å². The van der Waals surface area contributed by atoms with Gasteiger partial charge in [0.15, 0.2) is 0 Å². The Morgan fingerprint density at radius 1 is 1.57 bits per heavy atom. The first-order chi connectivity index (χ1) is 10.9. The zero-order chi connectivity index (χ0) is 16.6. The van der Waals surface area contributed by atoms with Crippen molar-refractivity contribution in [2.75, 3.05) is 6.61 Å². The van der Waals surface area contributed by atoms with Crippen molar-refractivity contribution in [3.63, 3.8) is 0 Å². The van der Waals surface area contributed by atoms with E-state index in [2.05, 4.69) is 10.3 Å². The molecular weight excluding hydrogens is 294 g/mol. The summed E-state index contributed by atoms with van der Waals surface area (Å²) in [6.45, 7) is 3.90. The molecule has 2 heterocycles. The Morgan fingerprint density at radius 3 is 3.09 bits per heavy atom. The highest BCUT2D eigenvalue weighted by atomic mass is 16.3. The van der Waals surface area contributed by atoms with E-state index in [0.717, 1.165) is 24.8 Å². The Bertz CT molecular complexity index is 814. The standard InChI is InChI=1S/C17H21N3O3/c1-11-5-7-20-14(8-11)18-9-12(16(20)23)15(22)19-13-4-3-6-17(13,2)10-21/h5,7-9,13,21H,3-4,6,10H2,1-2H3,(H,19,22). The molecule has 1 amide bonds. The summed E-state index contributed by atoms with van der Waals surface area (Å²) >= 11 is 0. The summed E-state index contributed by atoms with van der Waals surface area (Å²) in [5, 5.41) is 12.5. The van der Waals surface area contributed by atoms with Gasteiger partial charge in [-0.2, -0.15) is 0 Å². The smallest absolute Gasteiger partial charge is 0.270 e. The molecule has 0 aliphatic heterocycles. The number of hydrogen-bond donors (Lipinski definition) is 2. The van der Waals surface area contributed by atoms with Crippen molar-refractivity contribution in [3.05, 3.63) is 46.0 Å². The van der Waals surface area contributed by atoms with Crippen molar-refractivity contribution in [2.45, 2.75) is 39.2 Å². The lowest BCUT2D eigenvalue weighted by Gasteiger charge is -2.29. The number of pyridine rings is 1. The average Bonchev–Trinajstić information content (AvgIpc) is 2.89. The number of aryl methyl sites for hydroxylation is 1. The van der Waals surface area contributed by atoms with E-state index in [4.69, 9.17) is 0 Å². The molecule has 1 aliphatic carbocycles. The molecule has 23 heavy (non-hydrogen) atoms. The van der Waals surface area contributed by atoms with Crippen LogP contribution in [0, 0.1) is 12.3 Å². The first-order valence-electron chi connectivity index (χ1n) is 7.84. The van der Waals surface area contributed by atoms with Gasteiger partial charge in [0, 0.05) is 23.9 Å². The van der Waals surface area contributed by atoms with Gasteiger partial charge in [0.2, 0.25) is 0 Å². The normalized spacial score (nSPS) is 24.0. The molecule has 3 rings (SSSR count). The van der Waals surface area contributed by atoms with E-state index >= 15 is 0 Å². The summed E-state index contributed by atoms with van der Waals surface area (Å²) in [6, 6.07) is 3.47. The monoisotopic (exact) mass is 315 g/mol. The third-order valence-corrected chi connectivity index (χ3v) is 4.86. The molecule has 0 radical (unpaired) electrons. The molecule has 122 valence electrons. The summed E-state index contributed by atoms with van der Waals surface area (Å²) in [5.74, 6) is -0.427. The Kier molecular flexibility index (Phi) is 3.93. The molecule has 0 saturated heterocycles. The van der Waals surface area contributed by atoms with Crippen LogP contribution in [0.15, 0.2) is 29.3 Å². The minimum Gasteiger partial charge on any atom is -0.396 e. The number of nitrogens with one attached hydrogen (secondary N) is 1. The largest absolute Gasteiger partial charge is 0.396 e. The van der Waals surface area contributed by atoms with E-state index in [9.17, 15) is 14.7 Å². The van der Waals surface area contributed by atoms with Crippen molar-refractivity contribution in [2.24, 2.45) is 5.41 Å². The van der Waals surface area contributed by atoms with Crippen LogP contribution in [0.4, 0.5) is 0 Å². The Hall–Kier alpha value is -2.21. The Balaban J connectivity index is 1.91. The average molecular weight is 315 g/mol. The lowest BCUT2D eigenvalue weighted by molar-refractivity contribution is 0.0828. The number of fused-ring (bicyclic) bond motifs is 1. The molecule has 1 fully saturated rings. The molecule has 0 spiro atoms. The molecule has 6 heteroatoms. The van der Waals surface area contributed by atoms with Crippen LogP contribution in [-0.4, -0.2) is 33.0 Å². The Morgan fingerprint density at radius 2 is 2.35 bits per heavy atom. The Labute approximate surface area is 134 Å². The van der Waals surface area contributed by atoms with Crippen LogP contribution in [0.1, 0.15) is 42.1 Å². The predicted molar refractivity (Wildman–Crippen MR) is 86.5 cm³/mol. The number of rotatable bonds is 3. The summed E-state index contributed by atoms with van der Waals surface area (Å²) in [7, 11) is 0. The second-order valence-corrected chi connectivity index (χ2v) is 6.64. The number of carbonyl (C=O) groups excluding carboxylic acids is 1. The van der Waals surface area contributed by atoms with Crippen LogP contribution in [0.25, 0.3) is 5.65 Å². The highest BCUT2D eigenvalue weighted by molar-refractivity contribution is 5.94. The number of nitrogens with zero attached hydrogens (tertiary/aromatic N) is 2. The molecule has 2 atom stereocenters. The van der Waals surface area contributed by atoms with E-state index < -0.39 is 5.91 Å². The van der Waals surface area contributed by atoms with Crippen LogP contribution < -0.4 is 10.9 Å². The maximum absolute atomic E-state index is 12.5. The van der Waals surface area contributed by atoms with Crippen LogP contribution in [0.3, 0.4) is 0 Å². The molecule has 1 saturated carbocycles. The fraction of sp³-hybridized carbons (Fsp3) is 0.471. The number of aliphatic hydroxyl groups is 1. The molecule has 2 N–H and O–H groups in total. The van der Waals surface area contributed by atoms with Crippen molar-refractivity contribution in [3.8, 4) is 0 Å². The van der Waals surface area contributed by atoms with Gasteiger partial charge in [-0.25, -0.2) is 4.98 Å². The fourth-order valence-corrected chi connectivity index (χ4v) is 3.24. The van der Waals surface area contributed by atoms with Gasteiger partial charge in [0.05, 0.1) is 6.61 Å². The number of hydrogen-bond acceptors (Lipinski definition) is 4. The first kappa shape index (κ1) is 15.7. The van der Waals surface area contributed by atoms with Crippen LogP contribution in [-0.2, 0) is 0 Å². The van der Waals surface area contributed by atoms with Gasteiger partial charge in [0.1, 0.15) is 11.2 Å². The number of aliphatic hydroxyl groups excluding tert-OH is 1. The zero-order valence-electron chi connectivity index (χ0n) is 13.4. The maximum Gasteiger partial charge on any atom is 0.270 e. The third-order valence-electron chi connectivity index (χ3n) is 4.86. The molecule has 0 bridgehead atoms. The minimum atomic E-state index is -0.427. The van der Waals surface area contributed by atoms with Crippen molar-refractivity contribution >= 4 is 11.6 Å². The van der Waals surface area contributed by atoms with Crippen molar-refractivity contribution in [1.82, 2.24) is 14.7 Å². The topological polar surface area (TPSA) is 83.7 Å². The zero-order valence-corrected chi connectivity index (χ0v) is 13.4. The minimum absolute atomic E-state index is 0.0200. The molecule has 2 unspecified atom stereocenters. The molecule has 1 aliphatic rings. The highest BCUT2D eigenvalue weighted by Crippen LogP contribution is 2.37. The number of aromatic nitrogens is 2. The highest BCUT2D eigenvalue weighted by Gasteiger charge is 2.39. The summed E-state index contributed by atoms with van der Waals surface area (Å²) in [6.07, 6.45) is 5.59. The summed E-state index contributed by atoms with van der Waals surface area (Å²) in [5.41, 5.74) is 0.842. The van der Waals surface area contributed by atoms with Gasteiger partial charge in [0.25, 0.3) is 11.5 Å². The van der Waals surface area contributed by atoms with Crippen molar-refractivity contribution in [1.29, 1.82) is 0 Å². The van der Waals surface area contributed by atoms with Gasteiger partial charge < -0.3 is 10.4 Å². The van der Waals surface area contributed by atoms with E-state index in [1.807, 2.05) is 13.8 Å². The first-order valence-corrected chi connectivity index (χ1v) is 7.84. The SMILES string of the molecule is Cc1ccn2c(=O)c(C(=O)NC3CCCC3(C)CO)cnc2c1. The van der Waals surface area contributed by atoms with Crippen LogP contribution >= 0.6 is 0 Å². The van der Waals surface area contributed by atoms with Gasteiger partial charge in [-0.1, -0.05) is 13.3 Å². The fourth-order valence-electron chi connectivity index (χ4n) is 3.24. The van der Waals surface area contributed by atoms with Crippen LogP contribution in [0.2, 0.25) is 0 Å². The lowest BCUT2D eigenvalue weighted by Crippen LogP contribution is -2.46. The molecule has 2 aromatic heterocycles. The van der Waals surface area contributed by atoms with E-state index in [1.54, 1.807) is 18.3 Å². The molecule has 0 aromatic carbocycles. The quantitative estimate of drug-likeness (QED) is 0.894. The predicted octanol–water partition coefficient (Wildman–Crippen LogP) is 1.28. The number of amides is 1. The maximum atomic E-state index is 12.5. The lowest BCUT2D eigenvalue weighted by atomic mass is 9.85. The van der Waals surface area contributed by atoms with Gasteiger partial charge in [-0.05, 0) is 37.5 Å². The van der Waals surface area contributed by atoms with Gasteiger partial charge in [-0.15, -0.1) is 0 Å². The summed E-state index contributed by atoms with van der Waals surface area (Å²) in [4.78, 5) is 29.2. The van der Waals surface area contributed by atoms with E-state index in [-0.39, 0.29) is 29.2 Å². The number of carbonyl (C=O) groups is 1. The second-order valence-electron chi connectivity index (χ2n) is 6.64. The molecule has 2 aromatic rings. The second kappa shape index (κ2) is 5.77. The third kappa shape index (κ3) is 2.74. The van der Waals surface area contributed by atoms with Crippen molar-refractivity contribution < 1.29 is 9.90 Å². The molecular formula is C17H21N3O3.